The van der Waals surface area contributed by atoms with Gasteiger partial charge in [-0.2, -0.15) is 0 Å². The molecule has 1 aliphatic heterocycles. The van der Waals surface area contributed by atoms with Crippen LogP contribution in [0.25, 0.3) is 24.3 Å². The van der Waals surface area contributed by atoms with E-state index in [1.165, 1.54) is 36.3 Å². The predicted molar refractivity (Wildman–Crippen MR) is 140 cm³/mol. The molecule has 0 saturated heterocycles. The largest absolute Gasteiger partial charge is 0.134 e. The second-order valence-corrected chi connectivity index (χ2v) is 13.7. The lowest BCUT2D eigenvalue weighted by Crippen LogP contribution is -1.95. The molecule has 8 bridgehead atoms. The topological polar surface area (TPSA) is 0 Å². The van der Waals surface area contributed by atoms with Crippen molar-refractivity contribution in [2.75, 3.05) is 0 Å². The van der Waals surface area contributed by atoms with Crippen molar-refractivity contribution in [1.29, 1.82) is 0 Å². The number of hydrogen-bond donors (Lipinski definition) is 0. The van der Waals surface area contributed by atoms with Crippen LogP contribution >= 0.6 is 109 Å². The first kappa shape index (κ1) is 20.1. The smallest absolute Gasteiger partial charge is 0.0461 e. The SMILES string of the molecule is Brc1c/c2s/c1=C\C=c1/s/c(cc1Br)=c1/cc(Br)/c(s1)=C/C=c1\s\c=2cc1Br. The van der Waals surface area contributed by atoms with Crippen LogP contribution in [-0.2, 0) is 0 Å². The van der Waals surface area contributed by atoms with E-state index in [1.54, 1.807) is 0 Å². The minimum Gasteiger partial charge on any atom is -0.134 e. The molecule has 0 saturated carbocycles. The molecule has 0 spiro atoms. The first-order valence-electron chi connectivity index (χ1n) is 8.02. The average Bonchev–Trinajstić information content (AvgIpc) is 3.39. The fourth-order valence-corrected chi connectivity index (χ4v) is 9.76. The summed E-state index contributed by atoms with van der Waals surface area (Å²) in [6.45, 7) is 0. The van der Waals surface area contributed by atoms with Crippen LogP contribution in [0.1, 0.15) is 0 Å². The molecule has 5 rings (SSSR count). The Hall–Kier alpha value is 0.200. The van der Waals surface area contributed by atoms with Gasteiger partial charge in [-0.1, -0.05) is 0 Å². The van der Waals surface area contributed by atoms with Crippen LogP contribution in [0.4, 0.5) is 0 Å². The van der Waals surface area contributed by atoms with Crippen LogP contribution in [0.5, 0.6) is 0 Å². The molecule has 5 heterocycles. The van der Waals surface area contributed by atoms with Crippen molar-refractivity contribution in [2.45, 2.75) is 0 Å². The Morgan fingerprint density at radius 2 is 0.607 bits per heavy atom. The first-order chi connectivity index (χ1) is 13.5. The van der Waals surface area contributed by atoms with Crippen LogP contribution in [0, 0.1) is 18.1 Å². The zero-order chi connectivity index (χ0) is 19.4. The fraction of sp³-hybridized carbons (Fsp3) is 0. The van der Waals surface area contributed by atoms with Gasteiger partial charge in [0, 0.05) is 54.1 Å². The predicted octanol–water partition coefficient (Wildman–Crippen LogP) is 6.39. The monoisotopic (exact) mass is 692 g/mol. The summed E-state index contributed by atoms with van der Waals surface area (Å²) >= 11 is 22.2. The Morgan fingerprint density at radius 3 is 0.821 bits per heavy atom. The molecule has 28 heavy (non-hydrogen) atoms. The van der Waals surface area contributed by atoms with Crippen molar-refractivity contribution < 1.29 is 0 Å². The maximum Gasteiger partial charge on any atom is 0.0461 e. The summed E-state index contributed by atoms with van der Waals surface area (Å²) in [6, 6.07) is 8.85. The van der Waals surface area contributed by atoms with Gasteiger partial charge in [0.05, 0.1) is 0 Å². The second-order valence-electron chi connectivity index (χ2n) is 5.96. The van der Waals surface area contributed by atoms with Crippen LogP contribution in [0.2, 0.25) is 0 Å². The van der Waals surface area contributed by atoms with Gasteiger partial charge in [-0.15, -0.1) is 45.3 Å². The number of fused-ring (bicyclic) bond motifs is 8. The van der Waals surface area contributed by atoms with E-state index in [0.29, 0.717) is 0 Å². The maximum absolute atomic E-state index is 3.73. The highest BCUT2D eigenvalue weighted by Crippen LogP contribution is 2.18. The van der Waals surface area contributed by atoms with Crippen molar-refractivity contribution in [1.82, 2.24) is 0 Å². The fourth-order valence-electron chi connectivity index (χ4n) is 2.77. The van der Waals surface area contributed by atoms with Gasteiger partial charge in [-0.3, -0.25) is 0 Å². The minimum atomic E-state index is 1.13. The van der Waals surface area contributed by atoms with E-state index in [9.17, 15) is 0 Å². The van der Waals surface area contributed by atoms with Crippen molar-refractivity contribution in [3.05, 3.63) is 78.4 Å². The highest BCUT2D eigenvalue weighted by Gasteiger charge is 2.02. The molecule has 0 aromatic carbocycles. The summed E-state index contributed by atoms with van der Waals surface area (Å²) in [5, 5.41) is 0. The average molecular weight is 696 g/mol. The molecule has 4 aromatic rings. The second kappa shape index (κ2) is 8.04. The normalized spacial score (nSPS) is 20.1. The zero-order valence-corrected chi connectivity index (χ0v) is 23.4. The van der Waals surface area contributed by atoms with E-state index >= 15 is 0 Å². The van der Waals surface area contributed by atoms with Crippen LogP contribution in [0.3, 0.4) is 0 Å². The highest BCUT2D eigenvalue weighted by atomic mass is 79.9. The van der Waals surface area contributed by atoms with E-state index < -0.39 is 0 Å². The third-order valence-corrected chi connectivity index (χ3v) is 12.6. The lowest BCUT2D eigenvalue weighted by atomic mass is 10.4. The zero-order valence-electron chi connectivity index (χ0n) is 13.8. The van der Waals surface area contributed by atoms with Crippen LogP contribution in [-0.4, -0.2) is 0 Å². The van der Waals surface area contributed by atoms with Gasteiger partial charge in [-0.05, 0) is 112 Å². The van der Waals surface area contributed by atoms with Crippen molar-refractivity contribution >= 4 is 133 Å². The molecule has 0 aliphatic carbocycles. The Bertz CT molecular complexity index is 1410. The van der Waals surface area contributed by atoms with Gasteiger partial charge in [-0.25, -0.2) is 0 Å². The van der Waals surface area contributed by atoms with Crippen LogP contribution in [0.15, 0.2) is 42.2 Å². The van der Waals surface area contributed by atoms with E-state index in [-0.39, 0.29) is 0 Å². The summed E-state index contributed by atoms with van der Waals surface area (Å²) in [4.78, 5) is 0. The Kier molecular flexibility index (Phi) is 5.78. The standard InChI is InChI=1S/C20H8Br4S4/c21-9-5-17-18-7-11(23)15(27-18)3-4-16-12(24)8-20(28-16)19-6-10(22)14(26-19)2-1-13(9)25-17/h1-8H/b2-1?,4-3?,13-1-,14-2-,15-3-,16-4-,18-17-,20-19-. The quantitative estimate of drug-likeness (QED) is 0.200. The van der Waals surface area contributed by atoms with Gasteiger partial charge >= 0.3 is 0 Å². The third kappa shape index (κ3) is 3.80. The summed E-state index contributed by atoms with van der Waals surface area (Å²) in [5.74, 6) is 0. The molecule has 0 atom stereocenters. The third-order valence-electron chi connectivity index (χ3n) is 4.11. The van der Waals surface area contributed by atoms with Gasteiger partial charge in [0.1, 0.15) is 0 Å². The van der Waals surface area contributed by atoms with Crippen molar-refractivity contribution in [2.24, 2.45) is 0 Å². The summed E-state index contributed by atoms with van der Waals surface area (Å²) in [6.07, 6.45) is 8.79. The Balaban J connectivity index is 2.02. The molecular weight excluding hydrogens is 688 g/mol. The molecule has 0 fully saturated rings. The van der Waals surface area contributed by atoms with E-state index in [0.717, 1.165) is 17.9 Å². The van der Waals surface area contributed by atoms with Gasteiger partial charge in [0.2, 0.25) is 0 Å². The minimum absolute atomic E-state index is 1.13. The highest BCUT2D eigenvalue weighted by molar-refractivity contribution is 9.11. The molecular formula is C20H8Br4S4. The number of thiophene rings is 4. The molecule has 0 N–H and O–H groups in total. The molecule has 140 valence electrons. The van der Waals surface area contributed by atoms with E-state index in [2.05, 4.69) is 112 Å². The van der Waals surface area contributed by atoms with Gasteiger partial charge < -0.3 is 0 Å². The first-order valence-corrected chi connectivity index (χ1v) is 14.5. The van der Waals surface area contributed by atoms with Gasteiger partial charge in [0.15, 0.2) is 0 Å². The molecule has 0 amide bonds. The Labute approximate surface area is 209 Å². The number of hydrogen-bond acceptors (Lipinski definition) is 4. The van der Waals surface area contributed by atoms with Crippen molar-refractivity contribution in [3.63, 3.8) is 0 Å². The number of halogens is 4. The summed E-state index contributed by atoms with van der Waals surface area (Å²) in [7, 11) is 0. The van der Waals surface area contributed by atoms with Crippen LogP contribution < -0.4 is 18.1 Å². The summed E-state index contributed by atoms with van der Waals surface area (Å²) in [5.41, 5.74) is 0. The molecule has 0 unspecified atom stereocenters. The van der Waals surface area contributed by atoms with E-state index in [1.807, 2.05) is 45.3 Å². The maximum atomic E-state index is 3.73. The number of rotatable bonds is 0. The lowest BCUT2D eigenvalue weighted by Gasteiger charge is -1.79. The van der Waals surface area contributed by atoms with E-state index in [4.69, 9.17) is 0 Å². The lowest BCUT2D eigenvalue weighted by molar-refractivity contribution is 1.69. The Morgan fingerprint density at radius 1 is 0.393 bits per heavy atom. The molecule has 0 nitrogen and oxygen atoms in total. The molecule has 0 radical (unpaired) electrons. The summed E-state index contributed by atoms with van der Waals surface area (Å²) < 4.78 is 14.5. The molecule has 8 heteroatoms. The van der Waals surface area contributed by atoms with Gasteiger partial charge in [0.25, 0.3) is 0 Å². The molecule has 1 aliphatic rings. The molecule has 4 aromatic heterocycles. The van der Waals surface area contributed by atoms with Crippen molar-refractivity contribution in [3.8, 4) is 0 Å².